The summed E-state index contributed by atoms with van der Waals surface area (Å²) < 4.78 is 5.22. The Morgan fingerprint density at radius 1 is 1.30 bits per heavy atom. The normalized spacial score (nSPS) is 11.5. The number of carboxylic acid groups (broad SMARTS) is 1. The van der Waals surface area contributed by atoms with Gasteiger partial charge in [0, 0.05) is 12.6 Å². The van der Waals surface area contributed by atoms with Crippen LogP contribution >= 0.6 is 0 Å². The van der Waals surface area contributed by atoms with E-state index in [0.717, 1.165) is 4.90 Å². The fourth-order valence-corrected chi connectivity index (χ4v) is 1.34. The molecule has 7 heteroatoms. The number of primary amides is 1. The Labute approximate surface area is 115 Å². The van der Waals surface area contributed by atoms with Crippen molar-refractivity contribution in [1.29, 1.82) is 0 Å². The van der Waals surface area contributed by atoms with Gasteiger partial charge in [0.05, 0.1) is 0 Å². The highest BCUT2D eigenvalue weighted by Crippen LogP contribution is 2.12. The highest BCUT2D eigenvalue weighted by molar-refractivity contribution is 5.92. The van der Waals surface area contributed by atoms with Crippen molar-refractivity contribution in [2.45, 2.75) is 13.0 Å². The average Bonchev–Trinajstić information content (AvgIpc) is 2.43. The summed E-state index contributed by atoms with van der Waals surface area (Å²) in [6.07, 6.45) is 0. The van der Waals surface area contributed by atoms with Crippen LogP contribution in [0.2, 0.25) is 0 Å². The molecule has 0 aliphatic carbocycles. The van der Waals surface area contributed by atoms with Crippen molar-refractivity contribution in [3.8, 4) is 5.75 Å². The van der Waals surface area contributed by atoms with E-state index in [4.69, 9.17) is 15.6 Å². The van der Waals surface area contributed by atoms with E-state index >= 15 is 0 Å². The summed E-state index contributed by atoms with van der Waals surface area (Å²) in [6, 6.07) is 5.04. The summed E-state index contributed by atoms with van der Waals surface area (Å²) in [5.41, 5.74) is 5.42. The van der Waals surface area contributed by atoms with E-state index in [1.54, 1.807) is 0 Å². The van der Waals surface area contributed by atoms with E-state index in [2.05, 4.69) is 0 Å². The van der Waals surface area contributed by atoms with Gasteiger partial charge in [-0.2, -0.15) is 0 Å². The maximum Gasteiger partial charge on any atom is 0.326 e. The molecule has 0 saturated carbocycles. The number of likely N-dealkylation sites (N-methyl/N-ethyl adjacent to an activating group) is 1. The van der Waals surface area contributed by atoms with Gasteiger partial charge in [-0.25, -0.2) is 4.79 Å². The number of benzene rings is 1. The number of ether oxygens (including phenoxy) is 1. The molecule has 0 aliphatic rings. The zero-order valence-electron chi connectivity index (χ0n) is 11.2. The molecule has 1 rings (SSSR count). The Hall–Kier alpha value is -2.57. The summed E-state index contributed by atoms with van der Waals surface area (Å²) in [5, 5.41) is 8.79. The molecule has 108 valence electrons. The molecule has 3 N–H and O–H groups in total. The molecule has 2 amide bonds. The number of hydrogen-bond acceptors (Lipinski definition) is 4. The number of carbonyl (C=O) groups excluding carboxylic acids is 2. The standard InChI is InChI=1S/C13H16N2O5/c1-8(13(18)19)15(2)11(16)7-20-10-5-3-9(4-6-10)12(14)17/h3-6,8H,7H2,1-2H3,(H2,14,17)(H,18,19). The molecule has 1 aromatic carbocycles. The van der Waals surface area contributed by atoms with E-state index < -0.39 is 23.8 Å². The fourth-order valence-electron chi connectivity index (χ4n) is 1.34. The van der Waals surface area contributed by atoms with Gasteiger partial charge in [-0.3, -0.25) is 9.59 Å². The minimum atomic E-state index is -1.09. The lowest BCUT2D eigenvalue weighted by atomic mass is 10.2. The van der Waals surface area contributed by atoms with Crippen LogP contribution in [0.3, 0.4) is 0 Å². The van der Waals surface area contributed by atoms with Crippen LogP contribution in [-0.2, 0) is 9.59 Å². The zero-order chi connectivity index (χ0) is 15.3. The number of carboxylic acids is 1. The van der Waals surface area contributed by atoms with Gasteiger partial charge in [0.25, 0.3) is 5.91 Å². The highest BCUT2D eigenvalue weighted by Gasteiger charge is 2.21. The number of aliphatic carboxylic acids is 1. The van der Waals surface area contributed by atoms with Crippen molar-refractivity contribution in [2.75, 3.05) is 13.7 Å². The van der Waals surface area contributed by atoms with Gasteiger partial charge in [-0.1, -0.05) is 0 Å². The monoisotopic (exact) mass is 280 g/mol. The lowest BCUT2D eigenvalue weighted by Gasteiger charge is -2.21. The van der Waals surface area contributed by atoms with Crippen LogP contribution < -0.4 is 10.5 Å². The van der Waals surface area contributed by atoms with Crippen LogP contribution in [0.4, 0.5) is 0 Å². The van der Waals surface area contributed by atoms with Crippen molar-refractivity contribution >= 4 is 17.8 Å². The lowest BCUT2D eigenvalue weighted by molar-refractivity contribution is -0.148. The predicted molar refractivity (Wildman–Crippen MR) is 70.3 cm³/mol. The second kappa shape index (κ2) is 6.55. The van der Waals surface area contributed by atoms with Gasteiger partial charge in [0.1, 0.15) is 11.8 Å². The highest BCUT2D eigenvalue weighted by atomic mass is 16.5. The van der Waals surface area contributed by atoms with E-state index in [9.17, 15) is 14.4 Å². The Morgan fingerprint density at radius 3 is 2.30 bits per heavy atom. The van der Waals surface area contributed by atoms with Gasteiger partial charge < -0.3 is 20.5 Å². The van der Waals surface area contributed by atoms with Crippen LogP contribution in [0.1, 0.15) is 17.3 Å². The second-order valence-corrected chi connectivity index (χ2v) is 4.20. The SMILES string of the molecule is CC(C(=O)O)N(C)C(=O)COc1ccc(C(N)=O)cc1. The first-order valence-electron chi connectivity index (χ1n) is 5.84. The minimum Gasteiger partial charge on any atom is -0.484 e. The molecule has 1 aromatic rings. The van der Waals surface area contributed by atoms with Gasteiger partial charge in [0.15, 0.2) is 6.61 Å². The van der Waals surface area contributed by atoms with Gasteiger partial charge >= 0.3 is 5.97 Å². The molecule has 0 aliphatic heterocycles. The van der Waals surface area contributed by atoms with Crippen LogP contribution in [0, 0.1) is 0 Å². The first-order chi connectivity index (χ1) is 9.32. The summed E-state index contributed by atoms with van der Waals surface area (Å²) in [4.78, 5) is 34.4. The molecule has 1 unspecified atom stereocenters. The van der Waals surface area contributed by atoms with Crippen molar-refractivity contribution in [2.24, 2.45) is 5.73 Å². The molecule has 20 heavy (non-hydrogen) atoms. The summed E-state index contributed by atoms with van der Waals surface area (Å²) in [7, 11) is 1.39. The number of carbonyl (C=O) groups is 3. The summed E-state index contributed by atoms with van der Waals surface area (Å²) in [5.74, 6) is -1.71. The maximum atomic E-state index is 11.7. The topological polar surface area (TPSA) is 110 Å². The van der Waals surface area contributed by atoms with Gasteiger partial charge in [0.2, 0.25) is 5.91 Å². The third kappa shape index (κ3) is 3.98. The number of amides is 2. The van der Waals surface area contributed by atoms with Crippen LogP contribution in [0.15, 0.2) is 24.3 Å². The van der Waals surface area contributed by atoms with Crippen molar-refractivity contribution in [3.05, 3.63) is 29.8 Å². The number of hydrogen-bond donors (Lipinski definition) is 2. The first-order valence-corrected chi connectivity index (χ1v) is 5.84. The maximum absolute atomic E-state index is 11.7. The molecule has 0 fully saturated rings. The Balaban J connectivity index is 2.56. The smallest absolute Gasteiger partial charge is 0.326 e. The third-order valence-corrected chi connectivity index (χ3v) is 2.83. The molecule has 0 heterocycles. The Kier molecular flexibility index (Phi) is 5.08. The van der Waals surface area contributed by atoms with Gasteiger partial charge in [-0.05, 0) is 31.2 Å². The number of nitrogens with zero attached hydrogens (tertiary/aromatic N) is 1. The van der Waals surface area contributed by atoms with E-state index in [1.165, 1.54) is 38.2 Å². The molecule has 1 atom stereocenters. The third-order valence-electron chi connectivity index (χ3n) is 2.83. The van der Waals surface area contributed by atoms with Crippen molar-refractivity contribution < 1.29 is 24.2 Å². The van der Waals surface area contributed by atoms with Crippen molar-refractivity contribution in [1.82, 2.24) is 4.90 Å². The molecule has 0 saturated heterocycles. The number of rotatable bonds is 6. The second-order valence-electron chi connectivity index (χ2n) is 4.20. The molecule has 0 bridgehead atoms. The average molecular weight is 280 g/mol. The van der Waals surface area contributed by atoms with E-state index in [1.807, 2.05) is 0 Å². The quantitative estimate of drug-likeness (QED) is 0.767. The first kappa shape index (κ1) is 15.5. The molecule has 0 spiro atoms. The Bertz CT molecular complexity index is 512. The van der Waals surface area contributed by atoms with E-state index in [-0.39, 0.29) is 6.61 Å². The largest absolute Gasteiger partial charge is 0.484 e. The lowest BCUT2D eigenvalue weighted by Crippen LogP contribution is -2.42. The fraction of sp³-hybridized carbons (Fsp3) is 0.308. The summed E-state index contributed by atoms with van der Waals surface area (Å²) in [6.45, 7) is 1.12. The molecular formula is C13H16N2O5. The molecule has 0 aromatic heterocycles. The van der Waals surface area contributed by atoms with Crippen LogP contribution in [0.25, 0.3) is 0 Å². The zero-order valence-corrected chi connectivity index (χ0v) is 11.2. The van der Waals surface area contributed by atoms with Gasteiger partial charge in [-0.15, -0.1) is 0 Å². The number of nitrogens with two attached hydrogens (primary N) is 1. The van der Waals surface area contributed by atoms with E-state index in [0.29, 0.717) is 11.3 Å². The predicted octanol–water partition coefficient (Wildman–Crippen LogP) is 0.0958. The minimum absolute atomic E-state index is 0.288. The summed E-state index contributed by atoms with van der Waals surface area (Å²) >= 11 is 0. The van der Waals surface area contributed by atoms with Crippen LogP contribution in [0.5, 0.6) is 5.75 Å². The Morgan fingerprint density at radius 2 is 1.85 bits per heavy atom. The van der Waals surface area contributed by atoms with Crippen molar-refractivity contribution in [3.63, 3.8) is 0 Å². The van der Waals surface area contributed by atoms with Crippen LogP contribution in [-0.4, -0.2) is 47.5 Å². The molecule has 0 radical (unpaired) electrons. The molecule has 7 nitrogen and oxygen atoms in total. The molecular weight excluding hydrogens is 264 g/mol.